The van der Waals surface area contributed by atoms with E-state index >= 15 is 0 Å². The molecule has 0 radical (unpaired) electrons. The Morgan fingerprint density at radius 2 is 2.20 bits per heavy atom. The number of fused-ring (bicyclic) bond motifs is 1. The molecule has 25 heavy (non-hydrogen) atoms. The number of rotatable bonds is 6. The van der Waals surface area contributed by atoms with Gasteiger partial charge in [-0.1, -0.05) is 18.6 Å². The Labute approximate surface area is 146 Å². The second kappa shape index (κ2) is 7.39. The van der Waals surface area contributed by atoms with Gasteiger partial charge < -0.3 is 14.6 Å². The number of hydrogen-bond acceptors (Lipinski definition) is 5. The van der Waals surface area contributed by atoms with Gasteiger partial charge in [-0.3, -0.25) is 4.79 Å². The number of hydrogen-bond donors (Lipinski definition) is 1. The van der Waals surface area contributed by atoms with Crippen LogP contribution < -0.4 is 4.74 Å². The van der Waals surface area contributed by atoms with Gasteiger partial charge in [0.15, 0.2) is 0 Å². The smallest absolute Gasteiger partial charge is 0.340 e. The van der Waals surface area contributed by atoms with Crippen molar-refractivity contribution in [3.8, 4) is 11.8 Å². The number of nitrogens with zero attached hydrogens (tertiary/aromatic N) is 1. The number of carbonyl (C=O) groups excluding carboxylic acids is 1. The van der Waals surface area contributed by atoms with Crippen LogP contribution in [0.2, 0.25) is 0 Å². The van der Waals surface area contributed by atoms with E-state index in [1.165, 1.54) is 7.11 Å². The summed E-state index contributed by atoms with van der Waals surface area (Å²) in [6.45, 7) is 5.69. The molecule has 6 nitrogen and oxygen atoms in total. The molecule has 0 aromatic heterocycles. The number of nitriles is 1. The average Bonchev–Trinajstić information content (AvgIpc) is 2.94. The molecule has 2 rings (SSSR count). The van der Waals surface area contributed by atoms with Gasteiger partial charge in [0.1, 0.15) is 18.4 Å². The first-order valence-corrected chi connectivity index (χ1v) is 7.99. The van der Waals surface area contributed by atoms with Gasteiger partial charge in [-0.25, -0.2) is 4.79 Å². The SMILES string of the molecule is COc1c(C)c2c(c(C#N)c1C/C=C(\C)C(C)CC(=O)O)C(=O)OC2. The molecule has 1 unspecified atom stereocenters. The number of ether oxygens (including phenoxy) is 2. The molecule has 0 spiro atoms. The van der Waals surface area contributed by atoms with Crippen LogP contribution >= 0.6 is 0 Å². The van der Waals surface area contributed by atoms with Crippen LogP contribution in [-0.2, 0) is 22.6 Å². The molecular weight excluding hydrogens is 322 g/mol. The first-order valence-electron chi connectivity index (χ1n) is 7.99. The highest BCUT2D eigenvalue weighted by molar-refractivity contribution is 5.97. The van der Waals surface area contributed by atoms with Crippen LogP contribution in [0, 0.1) is 24.2 Å². The highest BCUT2D eigenvalue weighted by atomic mass is 16.5. The van der Waals surface area contributed by atoms with Gasteiger partial charge in [0.2, 0.25) is 0 Å². The van der Waals surface area contributed by atoms with Crippen LogP contribution in [0.3, 0.4) is 0 Å². The number of carboxylic acids is 1. The number of cyclic esters (lactones) is 1. The molecule has 0 saturated heterocycles. The predicted molar refractivity (Wildman–Crippen MR) is 90.4 cm³/mol. The van der Waals surface area contributed by atoms with E-state index in [0.717, 1.165) is 11.1 Å². The van der Waals surface area contributed by atoms with Gasteiger partial charge in [0.25, 0.3) is 0 Å². The van der Waals surface area contributed by atoms with Gasteiger partial charge in [0.05, 0.1) is 24.7 Å². The van der Waals surface area contributed by atoms with Crippen LogP contribution in [0.15, 0.2) is 11.6 Å². The van der Waals surface area contributed by atoms with Crippen molar-refractivity contribution in [1.29, 1.82) is 5.26 Å². The molecule has 1 N–H and O–H groups in total. The van der Waals surface area contributed by atoms with Crippen LogP contribution in [0.4, 0.5) is 0 Å². The molecule has 0 fully saturated rings. The lowest BCUT2D eigenvalue weighted by molar-refractivity contribution is -0.137. The molecule has 0 saturated carbocycles. The molecule has 1 aliphatic heterocycles. The van der Waals surface area contributed by atoms with Gasteiger partial charge in [-0.2, -0.15) is 5.26 Å². The van der Waals surface area contributed by atoms with E-state index in [-0.39, 0.29) is 24.5 Å². The summed E-state index contributed by atoms with van der Waals surface area (Å²) in [6, 6.07) is 2.11. The molecule has 0 bridgehead atoms. The summed E-state index contributed by atoms with van der Waals surface area (Å²) in [5.41, 5.74) is 3.62. The van der Waals surface area contributed by atoms with Gasteiger partial charge in [-0.05, 0) is 31.7 Å². The molecule has 132 valence electrons. The predicted octanol–water partition coefficient (Wildman–Crippen LogP) is 3.15. The lowest BCUT2D eigenvalue weighted by atomic mass is 9.89. The Morgan fingerprint density at radius 1 is 1.52 bits per heavy atom. The summed E-state index contributed by atoms with van der Waals surface area (Å²) >= 11 is 0. The van der Waals surface area contributed by atoms with Crippen molar-refractivity contribution in [2.24, 2.45) is 5.92 Å². The summed E-state index contributed by atoms with van der Waals surface area (Å²) in [5.74, 6) is -0.886. The molecule has 1 atom stereocenters. The molecule has 6 heteroatoms. The van der Waals surface area contributed by atoms with Crippen LogP contribution in [0.1, 0.15) is 52.9 Å². The minimum Gasteiger partial charge on any atom is -0.496 e. The van der Waals surface area contributed by atoms with Crippen molar-refractivity contribution in [1.82, 2.24) is 0 Å². The Hall–Kier alpha value is -2.81. The Balaban J connectivity index is 2.49. The number of carboxylic acid groups (broad SMARTS) is 1. The third-order valence-electron chi connectivity index (χ3n) is 4.67. The second-order valence-corrected chi connectivity index (χ2v) is 6.20. The Morgan fingerprint density at radius 3 is 2.76 bits per heavy atom. The third-order valence-corrected chi connectivity index (χ3v) is 4.67. The van der Waals surface area contributed by atoms with Gasteiger partial charge in [0, 0.05) is 11.1 Å². The topological polar surface area (TPSA) is 96.6 Å². The van der Waals surface area contributed by atoms with E-state index in [1.54, 1.807) is 0 Å². The lowest BCUT2D eigenvalue weighted by Gasteiger charge is -2.16. The van der Waals surface area contributed by atoms with Gasteiger partial charge in [-0.15, -0.1) is 0 Å². The Bertz CT molecular complexity index is 801. The van der Waals surface area contributed by atoms with Crippen LogP contribution in [0.5, 0.6) is 5.75 Å². The lowest BCUT2D eigenvalue weighted by Crippen LogP contribution is -2.08. The van der Waals surface area contributed by atoms with E-state index in [2.05, 4.69) is 6.07 Å². The highest BCUT2D eigenvalue weighted by Gasteiger charge is 2.31. The molecule has 1 aliphatic rings. The number of carbonyl (C=O) groups is 2. The number of allylic oxidation sites excluding steroid dienone is 2. The fourth-order valence-corrected chi connectivity index (χ4v) is 3.06. The number of aliphatic carboxylic acids is 1. The number of methoxy groups -OCH3 is 1. The van der Waals surface area contributed by atoms with Crippen molar-refractivity contribution in [3.05, 3.63) is 39.5 Å². The average molecular weight is 343 g/mol. The van der Waals surface area contributed by atoms with Gasteiger partial charge >= 0.3 is 11.9 Å². The van der Waals surface area contributed by atoms with E-state index in [4.69, 9.17) is 14.6 Å². The molecule has 0 aliphatic carbocycles. The van der Waals surface area contributed by atoms with Crippen molar-refractivity contribution in [2.75, 3.05) is 7.11 Å². The first-order chi connectivity index (χ1) is 11.8. The highest BCUT2D eigenvalue weighted by Crippen LogP contribution is 2.38. The summed E-state index contributed by atoms with van der Waals surface area (Å²) < 4.78 is 10.6. The van der Waals surface area contributed by atoms with Crippen LogP contribution in [0.25, 0.3) is 0 Å². The maximum Gasteiger partial charge on any atom is 0.340 e. The summed E-state index contributed by atoms with van der Waals surface area (Å²) in [4.78, 5) is 22.9. The normalized spacial score (nSPS) is 14.5. The zero-order valence-corrected chi connectivity index (χ0v) is 14.8. The second-order valence-electron chi connectivity index (χ2n) is 6.20. The standard InChI is InChI=1S/C19H21NO5/c1-10(11(2)7-16(21)22)5-6-13-14(8-20)17-15(9-25-19(17)23)12(3)18(13)24-4/h5,11H,6-7,9H2,1-4H3,(H,21,22)/b10-5+. The van der Waals surface area contributed by atoms with Crippen LogP contribution in [-0.4, -0.2) is 24.2 Å². The minimum absolute atomic E-state index is 0.0418. The Kier molecular flexibility index (Phi) is 5.48. The van der Waals surface area contributed by atoms with Crippen molar-refractivity contribution in [3.63, 3.8) is 0 Å². The maximum absolute atomic E-state index is 12.0. The number of benzene rings is 1. The molecule has 0 amide bonds. The van der Waals surface area contributed by atoms with E-state index in [1.807, 2.05) is 26.8 Å². The number of esters is 1. The van der Waals surface area contributed by atoms with Crippen molar-refractivity contribution >= 4 is 11.9 Å². The molecular formula is C19H21NO5. The van der Waals surface area contributed by atoms with E-state index < -0.39 is 11.9 Å². The fourth-order valence-electron chi connectivity index (χ4n) is 3.06. The van der Waals surface area contributed by atoms with Crippen molar-refractivity contribution < 1.29 is 24.2 Å². The zero-order chi connectivity index (χ0) is 18.7. The third kappa shape index (κ3) is 3.50. The molecule has 1 heterocycles. The summed E-state index contributed by atoms with van der Waals surface area (Å²) in [6.07, 6.45) is 2.31. The summed E-state index contributed by atoms with van der Waals surface area (Å²) in [5, 5.41) is 18.5. The molecule has 1 aromatic rings. The minimum atomic E-state index is -0.855. The first kappa shape index (κ1) is 18.5. The molecule has 1 aromatic carbocycles. The zero-order valence-electron chi connectivity index (χ0n) is 14.8. The maximum atomic E-state index is 12.0. The largest absolute Gasteiger partial charge is 0.496 e. The quantitative estimate of drug-likeness (QED) is 0.629. The van der Waals surface area contributed by atoms with Crippen molar-refractivity contribution in [2.45, 2.75) is 40.2 Å². The van der Waals surface area contributed by atoms with E-state index in [0.29, 0.717) is 28.9 Å². The summed E-state index contributed by atoms with van der Waals surface area (Å²) in [7, 11) is 1.53. The fraction of sp³-hybridized carbons (Fsp3) is 0.421. The monoisotopic (exact) mass is 343 g/mol. The van der Waals surface area contributed by atoms with E-state index in [9.17, 15) is 14.9 Å².